The summed E-state index contributed by atoms with van der Waals surface area (Å²) in [5, 5.41) is 6.89. The van der Waals surface area contributed by atoms with Crippen LogP contribution in [-0.4, -0.2) is 42.0 Å². The van der Waals surface area contributed by atoms with Gasteiger partial charge in [-0.3, -0.25) is 4.68 Å². The first-order chi connectivity index (χ1) is 9.04. The summed E-state index contributed by atoms with van der Waals surface area (Å²) in [6.45, 7) is 5.24. The van der Waals surface area contributed by atoms with Gasteiger partial charge in [0.15, 0.2) is 0 Å². The number of rotatable bonds is 6. The molecule has 1 aromatic rings. The normalized spacial score (nSPS) is 16.1. The molecule has 9 heteroatoms. The van der Waals surface area contributed by atoms with Crippen molar-refractivity contribution in [3.8, 4) is 0 Å². The van der Waals surface area contributed by atoms with E-state index in [0.29, 0.717) is 0 Å². The van der Waals surface area contributed by atoms with Crippen LogP contribution in [0.2, 0.25) is 0 Å². The lowest BCUT2D eigenvalue weighted by Crippen LogP contribution is -2.39. The summed E-state index contributed by atoms with van der Waals surface area (Å²) in [6, 6.07) is -0.310. The molecule has 0 bridgehead atoms. The van der Waals surface area contributed by atoms with Crippen molar-refractivity contribution in [1.82, 2.24) is 15.1 Å². The molecule has 116 valence electrons. The van der Waals surface area contributed by atoms with E-state index in [2.05, 4.69) is 10.4 Å². The van der Waals surface area contributed by atoms with Crippen molar-refractivity contribution in [2.45, 2.75) is 38.4 Å². The molecule has 0 saturated carbocycles. The maximum Gasteiger partial charge on any atom is 0.497 e. The van der Waals surface area contributed by atoms with Crippen molar-refractivity contribution in [1.29, 1.82) is 0 Å². The molecular weight excluding hydrogens is 295 g/mol. The van der Waals surface area contributed by atoms with Gasteiger partial charge in [0.25, 0.3) is 0 Å². The quantitative estimate of drug-likeness (QED) is 0.867. The molecule has 1 heterocycles. The van der Waals surface area contributed by atoms with Gasteiger partial charge in [-0.05, 0) is 26.3 Å². The summed E-state index contributed by atoms with van der Waals surface area (Å²) < 4.78 is 59.9. The number of hydrogen-bond acceptors (Lipinski definition) is 4. The molecule has 1 N–H and O–H groups in total. The Morgan fingerprint density at radius 2 is 2.00 bits per heavy atom. The van der Waals surface area contributed by atoms with Crippen LogP contribution in [-0.2, 0) is 9.84 Å². The van der Waals surface area contributed by atoms with E-state index in [1.807, 2.05) is 20.0 Å². The smallest absolute Gasteiger partial charge is 0.311 e. The second kappa shape index (κ2) is 6.13. The Hall–Kier alpha value is -1.09. The second-order valence-electron chi connectivity index (χ2n) is 4.75. The largest absolute Gasteiger partial charge is 0.497 e. The summed E-state index contributed by atoms with van der Waals surface area (Å²) in [6.07, 6.45) is 3.49. The van der Waals surface area contributed by atoms with Gasteiger partial charge >= 0.3 is 5.51 Å². The Labute approximate surface area is 116 Å². The van der Waals surface area contributed by atoms with Gasteiger partial charge in [0.2, 0.25) is 9.84 Å². The average Bonchev–Trinajstić information content (AvgIpc) is 2.73. The summed E-state index contributed by atoms with van der Waals surface area (Å²) >= 11 is 0. The Balaban J connectivity index is 2.50. The van der Waals surface area contributed by atoms with E-state index in [0.717, 1.165) is 5.56 Å². The van der Waals surface area contributed by atoms with E-state index in [1.165, 1.54) is 0 Å². The predicted molar refractivity (Wildman–Crippen MR) is 69.0 cm³/mol. The molecule has 1 rings (SSSR count). The fourth-order valence-electron chi connectivity index (χ4n) is 1.59. The Morgan fingerprint density at radius 3 is 2.45 bits per heavy atom. The van der Waals surface area contributed by atoms with Crippen LogP contribution in [0.25, 0.3) is 0 Å². The molecule has 0 amide bonds. The molecule has 1 aromatic heterocycles. The molecule has 5 nitrogen and oxygen atoms in total. The van der Waals surface area contributed by atoms with Gasteiger partial charge in [-0.1, -0.05) is 0 Å². The molecule has 0 unspecified atom stereocenters. The fourth-order valence-corrected chi connectivity index (χ4v) is 2.21. The Morgan fingerprint density at radius 1 is 1.40 bits per heavy atom. The van der Waals surface area contributed by atoms with Gasteiger partial charge in [-0.2, -0.15) is 18.3 Å². The Bertz CT molecular complexity index is 539. The van der Waals surface area contributed by atoms with Crippen LogP contribution in [0.15, 0.2) is 12.4 Å². The van der Waals surface area contributed by atoms with E-state index in [-0.39, 0.29) is 18.6 Å². The first kappa shape index (κ1) is 17.0. The lowest BCUT2D eigenvalue weighted by molar-refractivity contribution is -0.0435. The Kier molecular flexibility index (Phi) is 5.20. The summed E-state index contributed by atoms with van der Waals surface area (Å²) in [5.74, 6) is -0.967. The highest BCUT2D eigenvalue weighted by atomic mass is 32.2. The fraction of sp³-hybridized carbons (Fsp3) is 0.727. The van der Waals surface area contributed by atoms with Crippen LogP contribution in [0.3, 0.4) is 0 Å². The zero-order valence-corrected chi connectivity index (χ0v) is 12.3. The van der Waals surface area contributed by atoms with Gasteiger partial charge < -0.3 is 5.32 Å². The number of nitrogens with one attached hydrogen (secondary N) is 1. The van der Waals surface area contributed by atoms with E-state index in [1.54, 1.807) is 17.8 Å². The lowest BCUT2D eigenvalue weighted by Gasteiger charge is -2.22. The first-order valence-corrected chi connectivity index (χ1v) is 7.73. The average molecular weight is 313 g/mol. The number of aryl methyl sites for hydroxylation is 1. The molecule has 0 aliphatic heterocycles. The minimum atomic E-state index is -5.19. The van der Waals surface area contributed by atoms with E-state index < -0.39 is 21.1 Å². The molecule has 20 heavy (non-hydrogen) atoms. The van der Waals surface area contributed by atoms with Crippen molar-refractivity contribution in [2.24, 2.45) is 0 Å². The third-order valence-corrected chi connectivity index (χ3v) is 4.51. The SMILES string of the molecule is Cc1cnn([C@H](C)[C@H](C)NCCS(=O)(=O)C(F)(F)F)c1. The molecule has 0 aliphatic carbocycles. The van der Waals surface area contributed by atoms with Crippen molar-refractivity contribution in [2.75, 3.05) is 12.3 Å². The number of nitrogens with zero attached hydrogens (tertiary/aromatic N) is 2. The zero-order chi connectivity index (χ0) is 15.6. The first-order valence-electron chi connectivity index (χ1n) is 6.08. The molecule has 2 atom stereocenters. The highest BCUT2D eigenvalue weighted by Gasteiger charge is 2.44. The molecule has 0 radical (unpaired) electrons. The van der Waals surface area contributed by atoms with Gasteiger partial charge in [-0.15, -0.1) is 0 Å². The van der Waals surface area contributed by atoms with Crippen LogP contribution in [0, 0.1) is 6.92 Å². The number of halogens is 3. The topological polar surface area (TPSA) is 64.0 Å². The second-order valence-corrected chi connectivity index (χ2v) is 6.85. The highest BCUT2D eigenvalue weighted by Crippen LogP contribution is 2.23. The minimum Gasteiger partial charge on any atom is -0.311 e. The molecular formula is C11H18F3N3O2S. The van der Waals surface area contributed by atoms with Crippen molar-refractivity contribution in [3.63, 3.8) is 0 Å². The third kappa shape index (κ3) is 4.20. The van der Waals surface area contributed by atoms with Crippen molar-refractivity contribution < 1.29 is 21.6 Å². The van der Waals surface area contributed by atoms with Crippen LogP contribution in [0.4, 0.5) is 13.2 Å². The molecule has 0 spiro atoms. The number of aromatic nitrogens is 2. The predicted octanol–water partition coefficient (Wildman–Crippen LogP) is 1.67. The molecule has 0 saturated heterocycles. The standard InChI is InChI=1S/C11H18F3N3O2S/c1-8-6-16-17(7-8)10(3)9(2)15-4-5-20(18,19)11(12,13)14/h6-7,9-10,15H,4-5H2,1-3H3/t9-,10+/m0/s1. The lowest BCUT2D eigenvalue weighted by atomic mass is 10.2. The van der Waals surface area contributed by atoms with Crippen molar-refractivity contribution in [3.05, 3.63) is 18.0 Å². The van der Waals surface area contributed by atoms with E-state index in [4.69, 9.17) is 0 Å². The van der Waals surface area contributed by atoms with Crippen LogP contribution in [0.5, 0.6) is 0 Å². The summed E-state index contributed by atoms with van der Waals surface area (Å²) in [7, 11) is -5.06. The number of alkyl halides is 3. The van der Waals surface area contributed by atoms with Crippen molar-refractivity contribution >= 4 is 9.84 Å². The number of sulfone groups is 1. The third-order valence-electron chi connectivity index (χ3n) is 3.06. The number of hydrogen-bond donors (Lipinski definition) is 1. The van der Waals surface area contributed by atoms with Crippen LogP contribution >= 0.6 is 0 Å². The van der Waals surface area contributed by atoms with Crippen LogP contribution < -0.4 is 5.32 Å². The van der Waals surface area contributed by atoms with Gasteiger partial charge in [0, 0.05) is 18.8 Å². The molecule has 0 aliphatic rings. The van der Waals surface area contributed by atoms with Gasteiger partial charge in [0.05, 0.1) is 18.0 Å². The molecule has 0 aromatic carbocycles. The minimum absolute atomic E-state index is 0.0997. The maximum absolute atomic E-state index is 12.2. The summed E-state index contributed by atoms with van der Waals surface area (Å²) in [4.78, 5) is 0. The van der Waals surface area contributed by atoms with E-state index in [9.17, 15) is 21.6 Å². The summed E-state index contributed by atoms with van der Waals surface area (Å²) in [5.41, 5.74) is -4.22. The maximum atomic E-state index is 12.2. The van der Waals surface area contributed by atoms with Gasteiger partial charge in [-0.25, -0.2) is 8.42 Å². The monoisotopic (exact) mass is 313 g/mol. The zero-order valence-electron chi connectivity index (χ0n) is 11.5. The van der Waals surface area contributed by atoms with E-state index >= 15 is 0 Å². The van der Waals surface area contributed by atoms with Gasteiger partial charge in [0.1, 0.15) is 0 Å². The molecule has 0 fully saturated rings. The van der Waals surface area contributed by atoms with Crippen LogP contribution in [0.1, 0.15) is 25.5 Å². The highest BCUT2D eigenvalue weighted by molar-refractivity contribution is 7.92.